The topological polar surface area (TPSA) is 96.8 Å². The number of aromatic nitrogens is 1. The van der Waals surface area contributed by atoms with E-state index in [2.05, 4.69) is 11.1 Å². The molecular formula is C19H14FN3O2S. The summed E-state index contributed by atoms with van der Waals surface area (Å²) in [6.07, 6.45) is 1.50. The zero-order valence-corrected chi connectivity index (χ0v) is 14.6. The summed E-state index contributed by atoms with van der Waals surface area (Å²) in [6, 6.07) is 14.1. The summed E-state index contributed by atoms with van der Waals surface area (Å²) in [5, 5.41) is 14.2. The van der Waals surface area contributed by atoms with Crippen LogP contribution in [0.15, 0.2) is 59.6 Å². The average molecular weight is 367 g/mol. The molecule has 2 N–H and O–H groups in total. The Morgan fingerprint density at radius 2 is 1.88 bits per heavy atom. The number of benzene rings is 2. The second-order valence-corrected chi connectivity index (χ2v) is 7.29. The van der Waals surface area contributed by atoms with Gasteiger partial charge in [-0.3, -0.25) is 4.98 Å². The summed E-state index contributed by atoms with van der Waals surface area (Å²) in [4.78, 5) is 4.05. The fraction of sp³-hybridized carbons (Fsp3) is 0.0526. The van der Waals surface area contributed by atoms with Crippen molar-refractivity contribution in [2.75, 3.05) is 0 Å². The van der Waals surface area contributed by atoms with E-state index in [0.717, 1.165) is 23.3 Å². The van der Waals surface area contributed by atoms with Gasteiger partial charge in [0.05, 0.1) is 22.2 Å². The zero-order valence-electron chi connectivity index (χ0n) is 13.8. The molecule has 130 valence electrons. The second-order valence-electron chi connectivity index (χ2n) is 5.73. The number of aryl methyl sites for hydroxylation is 1. The molecule has 7 heteroatoms. The maximum absolute atomic E-state index is 14.4. The van der Waals surface area contributed by atoms with E-state index in [1.807, 2.05) is 0 Å². The van der Waals surface area contributed by atoms with Crippen LogP contribution in [-0.2, 0) is 10.0 Å². The van der Waals surface area contributed by atoms with Crippen molar-refractivity contribution < 1.29 is 12.8 Å². The molecule has 3 rings (SSSR count). The van der Waals surface area contributed by atoms with Gasteiger partial charge in [-0.2, -0.15) is 5.26 Å². The minimum Gasteiger partial charge on any atom is -0.255 e. The van der Waals surface area contributed by atoms with E-state index >= 15 is 0 Å². The Labute approximate surface area is 150 Å². The molecule has 0 radical (unpaired) electrons. The molecule has 0 bridgehead atoms. The van der Waals surface area contributed by atoms with Gasteiger partial charge < -0.3 is 0 Å². The van der Waals surface area contributed by atoms with Crippen molar-refractivity contribution in [2.24, 2.45) is 5.14 Å². The molecule has 1 aromatic heterocycles. The standard InChI is InChI=1S/C19H14FN3O2S/c1-12-9-13(4-5-14(12)11-21)16-3-2-8-23-19(16)17-10-15(26(22,24)25)6-7-18(17)20/h2-10H,1H3,(H2,22,24,25). The lowest BCUT2D eigenvalue weighted by Gasteiger charge is -2.12. The van der Waals surface area contributed by atoms with Gasteiger partial charge in [0.1, 0.15) is 5.82 Å². The molecule has 0 spiro atoms. The number of halogens is 1. The third-order valence-corrected chi connectivity index (χ3v) is 4.90. The van der Waals surface area contributed by atoms with Crippen LogP contribution in [0.4, 0.5) is 4.39 Å². The molecule has 2 aromatic carbocycles. The van der Waals surface area contributed by atoms with Gasteiger partial charge in [-0.15, -0.1) is 0 Å². The summed E-state index contributed by atoms with van der Waals surface area (Å²) in [5.41, 5.74) is 3.00. The summed E-state index contributed by atoms with van der Waals surface area (Å²) in [5.74, 6) is -0.609. The summed E-state index contributed by atoms with van der Waals surface area (Å²) < 4.78 is 37.6. The van der Waals surface area contributed by atoms with Crippen molar-refractivity contribution in [3.63, 3.8) is 0 Å². The first-order chi connectivity index (χ1) is 12.3. The maximum atomic E-state index is 14.4. The second kappa shape index (κ2) is 6.67. The number of nitriles is 1. The first kappa shape index (κ1) is 17.7. The molecule has 0 aliphatic carbocycles. The van der Waals surface area contributed by atoms with Crippen LogP contribution in [0, 0.1) is 24.1 Å². The Hall–Kier alpha value is -3.08. The van der Waals surface area contributed by atoms with Crippen molar-refractivity contribution in [1.29, 1.82) is 5.26 Å². The third-order valence-electron chi connectivity index (χ3n) is 3.99. The molecule has 0 aliphatic rings. The monoisotopic (exact) mass is 367 g/mol. The minimum absolute atomic E-state index is 0.0362. The number of rotatable bonds is 3. The predicted octanol–water partition coefficient (Wildman–Crippen LogP) is 3.38. The molecule has 0 amide bonds. The number of hydrogen-bond donors (Lipinski definition) is 1. The normalized spacial score (nSPS) is 11.2. The minimum atomic E-state index is -3.97. The largest absolute Gasteiger partial charge is 0.255 e. The van der Waals surface area contributed by atoms with E-state index in [1.54, 1.807) is 37.3 Å². The summed E-state index contributed by atoms with van der Waals surface area (Å²) in [7, 11) is -3.97. The van der Waals surface area contributed by atoms with Crippen LogP contribution in [-0.4, -0.2) is 13.4 Å². The number of sulfonamides is 1. The van der Waals surface area contributed by atoms with Crippen LogP contribution >= 0.6 is 0 Å². The SMILES string of the molecule is Cc1cc(-c2cccnc2-c2cc(S(N)(=O)=O)ccc2F)ccc1C#N. The van der Waals surface area contributed by atoms with Gasteiger partial charge >= 0.3 is 0 Å². The first-order valence-corrected chi connectivity index (χ1v) is 9.15. The molecule has 3 aromatic rings. The lowest BCUT2D eigenvalue weighted by Crippen LogP contribution is -2.12. The molecule has 0 unspecified atom stereocenters. The lowest BCUT2D eigenvalue weighted by molar-refractivity contribution is 0.596. The zero-order chi connectivity index (χ0) is 18.9. The van der Waals surface area contributed by atoms with Crippen molar-refractivity contribution in [3.8, 4) is 28.5 Å². The molecule has 0 atom stereocenters. The molecule has 0 saturated heterocycles. The van der Waals surface area contributed by atoms with Gasteiger partial charge in [-0.05, 0) is 48.4 Å². The molecule has 5 nitrogen and oxygen atoms in total. The fourth-order valence-corrected chi connectivity index (χ4v) is 3.21. The first-order valence-electron chi connectivity index (χ1n) is 7.60. The van der Waals surface area contributed by atoms with Crippen LogP contribution < -0.4 is 5.14 Å². The Kier molecular flexibility index (Phi) is 4.55. The van der Waals surface area contributed by atoms with Crippen molar-refractivity contribution in [3.05, 3.63) is 71.7 Å². The maximum Gasteiger partial charge on any atom is 0.238 e. The van der Waals surface area contributed by atoms with Crippen LogP contribution in [0.25, 0.3) is 22.4 Å². The Morgan fingerprint density at radius 3 is 2.54 bits per heavy atom. The smallest absolute Gasteiger partial charge is 0.238 e. The Morgan fingerprint density at radius 1 is 1.12 bits per heavy atom. The van der Waals surface area contributed by atoms with Gasteiger partial charge in [0.15, 0.2) is 0 Å². The Balaban J connectivity index is 2.24. The quantitative estimate of drug-likeness (QED) is 0.767. The highest BCUT2D eigenvalue weighted by molar-refractivity contribution is 7.89. The molecule has 0 aliphatic heterocycles. The van der Waals surface area contributed by atoms with Crippen molar-refractivity contribution in [1.82, 2.24) is 4.98 Å². The Bertz CT molecular complexity index is 1150. The number of pyridine rings is 1. The number of primary sulfonamides is 1. The molecule has 26 heavy (non-hydrogen) atoms. The summed E-state index contributed by atoms with van der Waals surface area (Å²) in [6.45, 7) is 1.81. The highest BCUT2D eigenvalue weighted by Crippen LogP contribution is 2.33. The molecular weight excluding hydrogens is 353 g/mol. The average Bonchev–Trinajstić information content (AvgIpc) is 2.61. The molecule has 0 saturated carbocycles. The highest BCUT2D eigenvalue weighted by Gasteiger charge is 2.17. The molecule has 1 heterocycles. The van der Waals surface area contributed by atoms with E-state index in [-0.39, 0.29) is 10.5 Å². The van der Waals surface area contributed by atoms with Crippen LogP contribution in [0.2, 0.25) is 0 Å². The number of nitrogens with two attached hydrogens (primary N) is 1. The molecule has 0 fully saturated rings. The van der Waals surface area contributed by atoms with Crippen molar-refractivity contribution >= 4 is 10.0 Å². The van der Waals surface area contributed by atoms with E-state index < -0.39 is 15.8 Å². The number of hydrogen-bond acceptors (Lipinski definition) is 4. The summed E-state index contributed by atoms with van der Waals surface area (Å²) >= 11 is 0. The van der Waals surface area contributed by atoms with Crippen LogP contribution in [0.5, 0.6) is 0 Å². The van der Waals surface area contributed by atoms with Gasteiger partial charge in [-0.25, -0.2) is 17.9 Å². The van der Waals surface area contributed by atoms with Gasteiger partial charge in [0.25, 0.3) is 0 Å². The highest BCUT2D eigenvalue weighted by atomic mass is 32.2. The third kappa shape index (κ3) is 3.33. The van der Waals surface area contributed by atoms with Gasteiger partial charge in [-0.1, -0.05) is 18.2 Å². The van der Waals surface area contributed by atoms with Gasteiger partial charge in [0, 0.05) is 17.3 Å². The van der Waals surface area contributed by atoms with E-state index in [1.165, 1.54) is 12.3 Å². The number of nitrogens with zero attached hydrogens (tertiary/aromatic N) is 2. The van der Waals surface area contributed by atoms with Crippen molar-refractivity contribution in [2.45, 2.75) is 11.8 Å². The predicted molar refractivity (Wildman–Crippen MR) is 95.9 cm³/mol. The van der Waals surface area contributed by atoms with Crippen LogP contribution in [0.1, 0.15) is 11.1 Å². The van der Waals surface area contributed by atoms with Gasteiger partial charge in [0.2, 0.25) is 10.0 Å². The van der Waals surface area contributed by atoms with Crippen LogP contribution in [0.3, 0.4) is 0 Å². The lowest BCUT2D eigenvalue weighted by atomic mass is 9.96. The van der Waals surface area contributed by atoms with E-state index in [4.69, 9.17) is 10.4 Å². The fourth-order valence-electron chi connectivity index (χ4n) is 2.67. The van der Waals surface area contributed by atoms with E-state index in [9.17, 15) is 12.8 Å². The van der Waals surface area contributed by atoms with E-state index in [0.29, 0.717) is 16.8 Å².